The highest BCUT2D eigenvalue weighted by atomic mass is 19.4. The third-order valence-electron chi connectivity index (χ3n) is 2.54. The Hall–Kier alpha value is -2.39. The second-order valence-corrected chi connectivity index (χ2v) is 4.27. The van der Waals surface area contributed by atoms with Crippen LogP contribution in [0.4, 0.5) is 26.3 Å². The molecule has 1 aromatic heterocycles. The highest BCUT2D eigenvalue weighted by Gasteiger charge is 2.31. The van der Waals surface area contributed by atoms with Gasteiger partial charge >= 0.3 is 12.4 Å². The third-order valence-corrected chi connectivity index (χ3v) is 2.54. The first kappa shape index (κ1) is 16.0. The first-order valence-electron chi connectivity index (χ1n) is 5.75. The molecule has 2 rings (SSSR count). The minimum absolute atomic E-state index is 0.0998. The second kappa shape index (κ2) is 5.43. The van der Waals surface area contributed by atoms with Gasteiger partial charge in [0.25, 0.3) is 5.56 Å². The van der Waals surface area contributed by atoms with Crippen LogP contribution >= 0.6 is 0 Å². The number of benzene rings is 1. The zero-order valence-corrected chi connectivity index (χ0v) is 10.6. The van der Waals surface area contributed by atoms with Gasteiger partial charge in [0.2, 0.25) is 0 Å². The van der Waals surface area contributed by atoms with Crippen LogP contribution in [0.2, 0.25) is 0 Å². The number of rotatable bonds is 2. The maximum absolute atomic E-state index is 12.6. The summed E-state index contributed by atoms with van der Waals surface area (Å²) in [6.45, 7) is -1.65. The Bertz CT molecular complexity index is 735. The Morgan fingerprint density at radius 1 is 1.09 bits per heavy atom. The molecule has 0 N–H and O–H groups in total. The molecule has 4 nitrogen and oxygen atoms in total. The number of hydrogen-bond acceptors (Lipinski definition) is 3. The zero-order chi connectivity index (χ0) is 16.5. The fourth-order valence-corrected chi connectivity index (χ4v) is 1.62. The molecule has 1 heterocycles. The molecule has 0 spiro atoms. The van der Waals surface area contributed by atoms with Gasteiger partial charge in [-0.1, -0.05) is 12.1 Å². The lowest BCUT2D eigenvalue weighted by atomic mass is 10.1. The SMILES string of the molecule is O=c1cnc(-c2cccc(C(F)(F)F)c2)nn1CC(F)(F)F. The summed E-state index contributed by atoms with van der Waals surface area (Å²) in [6.07, 6.45) is -8.73. The molecule has 0 saturated heterocycles. The Kier molecular flexibility index (Phi) is 3.94. The van der Waals surface area contributed by atoms with Gasteiger partial charge in [-0.2, -0.15) is 26.3 Å². The van der Waals surface area contributed by atoms with E-state index in [2.05, 4.69) is 10.1 Å². The lowest BCUT2D eigenvalue weighted by Gasteiger charge is -2.10. The highest BCUT2D eigenvalue weighted by Crippen LogP contribution is 2.31. The fraction of sp³-hybridized carbons (Fsp3) is 0.250. The summed E-state index contributed by atoms with van der Waals surface area (Å²) >= 11 is 0. The molecule has 1 aromatic carbocycles. The second-order valence-electron chi connectivity index (χ2n) is 4.27. The number of nitrogens with zero attached hydrogens (tertiary/aromatic N) is 3. The molecule has 10 heteroatoms. The maximum atomic E-state index is 12.6. The average Bonchev–Trinajstić information content (AvgIpc) is 2.39. The van der Waals surface area contributed by atoms with Gasteiger partial charge in [-0.15, -0.1) is 5.10 Å². The van der Waals surface area contributed by atoms with E-state index >= 15 is 0 Å². The van der Waals surface area contributed by atoms with Crippen LogP contribution in [0.25, 0.3) is 11.4 Å². The van der Waals surface area contributed by atoms with Crippen LogP contribution in [0.15, 0.2) is 35.3 Å². The number of halogens is 6. The summed E-state index contributed by atoms with van der Waals surface area (Å²) < 4.78 is 74.8. The predicted octanol–water partition coefficient (Wildman–Crippen LogP) is 2.89. The number of aromatic nitrogens is 3. The topological polar surface area (TPSA) is 47.8 Å². The Balaban J connectivity index is 2.46. The van der Waals surface area contributed by atoms with E-state index in [4.69, 9.17) is 0 Å². The summed E-state index contributed by atoms with van der Waals surface area (Å²) in [5, 5.41) is 3.36. The van der Waals surface area contributed by atoms with Crippen LogP contribution in [0.5, 0.6) is 0 Å². The van der Waals surface area contributed by atoms with Crippen LogP contribution in [0.3, 0.4) is 0 Å². The molecule has 0 radical (unpaired) electrons. The van der Waals surface area contributed by atoms with Crippen molar-refractivity contribution in [1.29, 1.82) is 0 Å². The molecule has 2 aromatic rings. The lowest BCUT2D eigenvalue weighted by molar-refractivity contribution is -0.143. The van der Waals surface area contributed by atoms with E-state index in [-0.39, 0.29) is 10.2 Å². The van der Waals surface area contributed by atoms with Crippen molar-refractivity contribution in [1.82, 2.24) is 14.8 Å². The van der Waals surface area contributed by atoms with E-state index in [0.29, 0.717) is 12.3 Å². The van der Waals surface area contributed by atoms with Crippen LogP contribution in [-0.2, 0) is 12.7 Å². The lowest BCUT2D eigenvalue weighted by Crippen LogP contribution is -2.30. The summed E-state index contributed by atoms with van der Waals surface area (Å²) in [6, 6.07) is 3.76. The molecule has 0 bridgehead atoms. The van der Waals surface area contributed by atoms with E-state index in [1.54, 1.807) is 0 Å². The Morgan fingerprint density at radius 3 is 2.36 bits per heavy atom. The maximum Gasteiger partial charge on any atom is 0.416 e. The van der Waals surface area contributed by atoms with E-state index in [1.165, 1.54) is 6.07 Å². The molecule has 118 valence electrons. The summed E-state index contributed by atoms with van der Waals surface area (Å²) in [4.78, 5) is 14.7. The molecular weight excluding hydrogens is 316 g/mol. The molecule has 0 saturated carbocycles. The fourth-order valence-electron chi connectivity index (χ4n) is 1.62. The van der Waals surface area contributed by atoms with Crippen molar-refractivity contribution in [3.05, 3.63) is 46.4 Å². The first-order chi connectivity index (χ1) is 10.1. The summed E-state index contributed by atoms with van der Waals surface area (Å²) in [7, 11) is 0. The minimum atomic E-state index is -4.69. The van der Waals surface area contributed by atoms with Gasteiger partial charge in [-0.3, -0.25) is 4.79 Å². The quantitative estimate of drug-likeness (QED) is 0.799. The van der Waals surface area contributed by atoms with Crippen molar-refractivity contribution in [3.63, 3.8) is 0 Å². The molecular formula is C12H7F6N3O. The van der Waals surface area contributed by atoms with Gasteiger partial charge in [0, 0.05) is 5.56 Å². The molecule has 0 aliphatic carbocycles. The first-order valence-corrected chi connectivity index (χ1v) is 5.75. The normalized spacial score (nSPS) is 12.5. The van der Waals surface area contributed by atoms with E-state index in [1.807, 2.05) is 0 Å². The smallest absolute Gasteiger partial charge is 0.266 e. The zero-order valence-electron chi connectivity index (χ0n) is 10.6. The Labute approximate surface area is 119 Å². The molecule has 0 atom stereocenters. The van der Waals surface area contributed by atoms with Gasteiger partial charge in [-0.25, -0.2) is 9.67 Å². The van der Waals surface area contributed by atoms with Crippen molar-refractivity contribution < 1.29 is 26.3 Å². The molecule has 0 unspecified atom stereocenters. The van der Waals surface area contributed by atoms with Crippen LogP contribution in [0.1, 0.15) is 5.56 Å². The number of alkyl halides is 6. The molecule has 0 aliphatic rings. The monoisotopic (exact) mass is 323 g/mol. The van der Waals surface area contributed by atoms with Gasteiger partial charge < -0.3 is 0 Å². The molecule has 0 aliphatic heterocycles. The van der Waals surface area contributed by atoms with Gasteiger partial charge in [-0.05, 0) is 12.1 Å². The van der Waals surface area contributed by atoms with Crippen molar-refractivity contribution >= 4 is 0 Å². The molecule has 0 fully saturated rings. The van der Waals surface area contributed by atoms with Gasteiger partial charge in [0.1, 0.15) is 6.54 Å². The van der Waals surface area contributed by atoms with Crippen molar-refractivity contribution in [2.45, 2.75) is 18.9 Å². The van der Waals surface area contributed by atoms with Crippen LogP contribution < -0.4 is 5.56 Å². The van der Waals surface area contributed by atoms with E-state index in [0.717, 1.165) is 12.1 Å². The number of hydrogen-bond donors (Lipinski definition) is 0. The van der Waals surface area contributed by atoms with Crippen LogP contribution in [-0.4, -0.2) is 20.9 Å². The third kappa shape index (κ3) is 3.83. The summed E-state index contributed by atoms with van der Waals surface area (Å²) in [5.41, 5.74) is -2.25. The van der Waals surface area contributed by atoms with Crippen LogP contribution in [0, 0.1) is 0 Å². The van der Waals surface area contributed by atoms with Crippen molar-refractivity contribution in [2.75, 3.05) is 0 Å². The standard InChI is InChI=1S/C12H7F6N3O/c13-11(14,15)6-21-9(22)5-19-10(20-21)7-2-1-3-8(4-7)12(16,17)18/h1-5H,6H2. The largest absolute Gasteiger partial charge is 0.416 e. The van der Waals surface area contributed by atoms with Crippen molar-refractivity contribution in [3.8, 4) is 11.4 Å². The average molecular weight is 323 g/mol. The predicted molar refractivity (Wildman–Crippen MR) is 62.8 cm³/mol. The molecule has 22 heavy (non-hydrogen) atoms. The summed E-state index contributed by atoms with van der Waals surface area (Å²) in [5.74, 6) is -0.407. The highest BCUT2D eigenvalue weighted by molar-refractivity contribution is 5.55. The van der Waals surface area contributed by atoms with Gasteiger partial charge in [0.05, 0.1) is 11.8 Å². The minimum Gasteiger partial charge on any atom is -0.266 e. The Morgan fingerprint density at radius 2 is 1.77 bits per heavy atom. The van der Waals surface area contributed by atoms with Gasteiger partial charge in [0.15, 0.2) is 5.82 Å². The van der Waals surface area contributed by atoms with E-state index < -0.39 is 35.8 Å². The van der Waals surface area contributed by atoms with Crippen molar-refractivity contribution in [2.24, 2.45) is 0 Å². The van der Waals surface area contributed by atoms with E-state index in [9.17, 15) is 31.1 Å². The molecule has 0 amide bonds.